The first kappa shape index (κ1) is 38.7. The summed E-state index contributed by atoms with van der Waals surface area (Å²) in [5, 5.41) is 3.60. The van der Waals surface area contributed by atoms with Crippen LogP contribution in [0.1, 0.15) is 115 Å². The van der Waals surface area contributed by atoms with Crippen LogP contribution in [-0.4, -0.2) is 108 Å². The number of nitrogens with one attached hydrogen (secondary N) is 1. The molecule has 1 N–H and O–H groups in total. The molecule has 46 heavy (non-hydrogen) atoms. The standard InChI is InChI=1S/C36H65N3O7/c1-30(2)16-24(33(7,8)37-30)21-46-29(42)36(43-15,19-27(40)44-22-25-17-31(3,4)38(13)34(25,9)10)20-28(41)45-23-26-18-32(5,6)39(14)35(26,11)12/h24-26,37H,16-23H2,1-15H3. The lowest BCUT2D eigenvalue weighted by Gasteiger charge is -2.38. The van der Waals surface area contributed by atoms with Crippen LogP contribution in [0, 0.1) is 17.8 Å². The van der Waals surface area contributed by atoms with Gasteiger partial charge in [-0.15, -0.1) is 0 Å². The summed E-state index contributed by atoms with van der Waals surface area (Å²) in [6.07, 6.45) is 1.62. The number of nitrogens with zero attached hydrogens (tertiary/aromatic N) is 2. The molecule has 0 aromatic rings. The van der Waals surface area contributed by atoms with Crippen molar-refractivity contribution in [2.75, 3.05) is 41.0 Å². The number of carbonyl (C=O) groups is 3. The third kappa shape index (κ3) is 7.92. The Balaban J connectivity index is 1.75. The lowest BCUT2D eigenvalue weighted by molar-refractivity contribution is -0.184. The van der Waals surface area contributed by atoms with Gasteiger partial charge in [0.1, 0.15) is 0 Å². The Labute approximate surface area is 279 Å². The smallest absolute Gasteiger partial charge is 0.339 e. The van der Waals surface area contributed by atoms with Crippen molar-refractivity contribution in [3.8, 4) is 0 Å². The number of likely N-dealkylation sites (tertiary alicyclic amines) is 2. The summed E-state index contributed by atoms with van der Waals surface area (Å²) in [5.41, 5.74) is -2.70. The van der Waals surface area contributed by atoms with Crippen LogP contribution in [0.4, 0.5) is 0 Å². The van der Waals surface area contributed by atoms with Gasteiger partial charge in [0.25, 0.3) is 0 Å². The summed E-state index contributed by atoms with van der Waals surface area (Å²) in [6, 6.07) is 0. The Bertz CT molecular complexity index is 1080. The molecule has 3 aliphatic rings. The largest absolute Gasteiger partial charge is 0.465 e. The van der Waals surface area contributed by atoms with Crippen LogP contribution in [-0.2, 0) is 33.3 Å². The number of ether oxygens (including phenoxy) is 4. The molecule has 3 atom stereocenters. The summed E-state index contributed by atoms with van der Waals surface area (Å²) >= 11 is 0. The molecule has 3 unspecified atom stereocenters. The molecule has 0 aromatic carbocycles. The van der Waals surface area contributed by atoms with Crippen LogP contribution < -0.4 is 5.32 Å². The number of methoxy groups -OCH3 is 1. The molecule has 266 valence electrons. The Morgan fingerprint density at radius 3 is 1.35 bits per heavy atom. The normalized spacial score (nSPS) is 30.5. The van der Waals surface area contributed by atoms with Gasteiger partial charge in [0, 0.05) is 58.1 Å². The molecule has 10 nitrogen and oxygen atoms in total. The fraction of sp³-hybridized carbons (Fsp3) is 0.917. The average molecular weight is 652 g/mol. The van der Waals surface area contributed by atoms with Gasteiger partial charge < -0.3 is 24.3 Å². The number of esters is 3. The molecule has 0 radical (unpaired) electrons. The van der Waals surface area contributed by atoms with Crippen molar-refractivity contribution in [3.63, 3.8) is 0 Å². The molecule has 0 amide bonds. The van der Waals surface area contributed by atoms with Gasteiger partial charge in [-0.3, -0.25) is 19.4 Å². The number of hydrogen-bond acceptors (Lipinski definition) is 10. The van der Waals surface area contributed by atoms with Gasteiger partial charge in [-0.05, 0) is 116 Å². The molecule has 3 rings (SSSR count). The van der Waals surface area contributed by atoms with Crippen LogP contribution in [0.3, 0.4) is 0 Å². The fourth-order valence-electron chi connectivity index (χ4n) is 8.47. The summed E-state index contributed by atoms with van der Waals surface area (Å²) in [5.74, 6) is -1.74. The highest BCUT2D eigenvalue weighted by Gasteiger charge is 2.52. The van der Waals surface area contributed by atoms with E-state index >= 15 is 0 Å². The lowest BCUT2D eigenvalue weighted by Crippen LogP contribution is -2.49. The van der Waals surface area contributed by atoms with E-state index in [1.807, 2.05) is 0 Å². The zero-order valence-corrected chi connectivity index (χ0v) is 31.6. The highest BCUT2D eigenvalue weighted by molar-refractivity contribution is 5.90. The molecule has 10 heteroatoms. The SMILES string of the molecule is COC(CC(=O)OCC1CC(C)(C)N(C)C1(C)C)(CC(=O)OCC1CC(C)(C)N(C)C1(C)C)C(=O)OCC1CC(C)(C)NC1(C)C. The second-order valence-corrected chi connectivity index (χ2v) is 18.0. The Morgan fingerprint density at radius 1 is 0.652 bits per heavy atom. The second kappa shape index (κ2) is 12.9. The molecule has 0 saturated carbocycles. The average Bonchev–Trinajstić information content (AvgIpc) is 3.31. The monoisotopic (exact) mass is 651 g/mol. The van der Waals surface area contributed by atoms with E-state index < -0.39 is 36.4 Å². The molecule has 0 bridgehead atoms. The van der Waals surface area contributed by atoms with Crippen LogP contribution in [0.2, 0.25) is 0 Å². The van der Waals surface area contributed by atoms with Crippen molar-refractivity contribution >= 4 is 17.9 Å². The van der Waals surface area contributed by atoms with Crippen molar-refractivity contribution in [2.24, 2.45) is 17.8 Å². The molecule has 3 aliphatic heterocycles. The van der Waals surface area contributed by atoms with Crippen molar-refractivity contribution in [1.29, 1.82) is 0 Å². The predicted octanol–water partition coefficient (Wildman–Crippen LogP) is 4.97. The van der Waals surface area contributed by atoms with Crippen LogP contribution >= 0.6 is 0 Å². The van der Waals surface area contributed by atoms with E-state index in [-0.39, 0.29) is 70.8 Å². The first-order valence-electron chi connectivity index (χ1n) is 17.0. The first-order chi connectivity index (χ1) is 20.7. The summed E-state index contributed by atoms with van der Waals surface area (Å²) in [4.78, 5) is 45.4. The molecule has 3 saturated heterocycles. The van der Waals surface area contributed by atoms with Gasteiger partial charge in [-0.1, -0.05) is 0 Å². The van der Waals surface area contributed by atoms with Crippen LogP contribution in [0.5, 0.6) is 0 Å². The molecular weight excluding hydrogens is 586 g/mol. The quantitative estimate of drug-likeness (QED) is 0.230. The maximum Gasteiger partial charge on any atom is 0.339 e. The summed E-state index contributed by atoms with van der Waals surface area (Å²) < 4.78 is 23.3. The van der Waals surface area contributed by atoms with Gasteiger partial charge in [0.15, 0.2) is 5.60 Å². The molecule has 3 fully saturated rings. The molecule has 0 spiro atoms. The van der Waals surface area contributed by atoms with E-state index in [0.29, 0.717) is 0 Å². The molecule has 3 heterocycles. The van der Waals surface area contributed by atoms with E-state index in [9.17, 15) is 14.4 Å². The first-order valence-corrected chi connectivity index (χ1v) is 17.0. The minimum absolute atomic E-state index is 0.0368. The van der Waals surface area contributed by atoms with Crippen molar-refractivity contribution < 1.29 is 33.3 Å². The van der Waals surface area contributed by atoms with E-state index in [4.69, 9.17) is 18.9 Å². The molecule has 0 aromatic heterocycles. The van der Waals surface area contributed by atoms with Crippen molar-refractivity contribution in [2.45, 2.75) is 154 Å². The maximum absolute atomic E-state index is 13.9. The lowest BCUT2D eigenvalue weighted by atomic mass is 9.87. The van der Waals surface area contributed by atoms with Gasteiger partial charge >= 0.3 is 17.9 Å². The molecule has 0 aliphatic carbocycles. The Kier molecular flexibility index (Phi) is 10.9. The minimum Gasteiger partial charge on any atom is -0.465 e. The van der Waals surface area contributed by atoms with E-state index in [0.717, 1.165) is 19.3 Å². The van der Waals surface area contributed by atoms with Crippen molar-refractivity contribution in [1.82, 2.24) is 15.1 Å². The Hall–Kier alpha value is -1.75. The number of hydrogen-bond donors (Lipinski definition) is 1. The van der Waals surface area contributed by atoms with Gasteiger partial charge in [0.2, 0.25) is 0 Å². The third-order valence-electron chi connectivity index (χ3n) is 12.4. The van der Waals surface area contributed by atoms with E-state index in [1.54, 1.807) is 0 Å². The second-order valence-electron chi connectivity index (χ2n) is 18.0. The zero-order valence-electron chi connectivity index (χ0n) is 31.6. The highest BCUT2D eigenvalue weighted by Crippen LogP contribution is 2.45. The zero-order chi connectivity index (χ0) is 35.3. The molecular formula is C36H65N3O7. The number of carbonyl (C=O) groups excluding carboxylic acids is 3. The Morgan fingerprint density at radius 2 is 1.04 bits per heavy atom. The summed E-state index contributed by atoms with van der Waals surface area (Å²) in [7, 11) is 5.52. The van der Waals surface area contributed by atoms with E-state index in [2.05, 4.69) is 112 Å². The van der Waals surface area contributed by atoms with Gasteiger partial charge in [-0.2, -0.15) is 0 Å². The maximum atomic E-state index is 13.9. The highest BCUT2D eigenvalue weighted by atomic mass is 16.6. The fourth-order valence-corrected chi connectivity index (χ4v) is 8.47. The minimum atomic E-state index is -1.87. The van der Waals surface area contributed by atoms with Gasteiger partial charge in [0.05, 0.1) is 32.7 Å². The van der Waals surface area contributed by atoms with Crippen LogP contribution in [0.15, 0.2) is 0 Å². The topological polar surface area (TPSA) is 107 Å². The van der Waals surface area contributed by atoms with Gasteiger partial charge in [-0.25, -0.2) is 4.79 Å². The number of rotatable bonds is 12. The predicted molar refractivity (Wildman–Crippen MR) is 179 cm³/mol. The van der Waals surface area contributed by atoms with E-state index in [1.165, 1.54) is 7.11 Å². The van der Waals surface area contributed by atoms with Crippen molar-refractivity contribution in [3.05, 3.63) is 0 Å². The summed E-state index contributed by atoms with van der Waals surface area (Å²) in [6.45, 7) is 26.3. The third-order valence-corrected chi connectivity index (χ3v) is 12.4. The van der Waals surface area contributed by atoms with Crippen LogP contribution in [0.25, 0.3) is 0 Å².